The average molecular weight is 454 g/mol. The lowest BCUT2D eigenvalue weighted by Gasteiger charge is -2.23. The summed E-state index contributed by atoms with van der Waals surface area (Å²) in [5.41, 5.74) is 1.47. The molecule has 11 heteroatoms. The average Bonchev–Trinajstić information content (AvgIpc) is 3.43. The van der Waals surface area contributed by atoms with Crippen LogP contribution in [0.5, 0.6) is 0 Å². The maximum absolute atomic E-state index is 12.4. The number of carbonyl (C=O) groups excluding carboxylic acids is 1. The second-order valence-electron chi connectivity index (χ2n) is 7.84. The van der Waals surface area contributed by atoms with Gasteiger partial charge in [0.25, 0.3) is 5.56 Å². The van der Waals surface area contributed by atoms with Gasteiger partial charge in [0.1, 0.15) is 12.2 Å². The molecule has 0 bridgehead atoms. The fraction of sp³-hybridized carbons (Fsp3) is 0.409. The molecule has 1 aliphatic rings. The van der Waals surface area contributed by atoms with E-state index in [1.165, 1.54) is 29.9 Å². The van der Waals surface area contributed by atoms with Gasteiger partial charge in [0, 0.05) is 45.4 Å². The molecule has 1 amide bonds. The first-order valence-corrected chi connectivity index (χ1v) is 10.8. The van der Waals surface area contributed by atoms with Gasteiger partial charge in [-0.15, -0.1) is 5.10 Å². The minimum atomic E-state index is -0.699. The van der Waals surface area contributed by atoms with Crippen LogP contribution in [-0.4, -0.2) is 48.6 Å². The van der Waals surface area contributed by atoms with Gasteiger partial charge in [0.2, 0.25) is 18.0 Å². The molecule has 174 valence electrons. The van der Waals surface area contributed by atoms with Crippen molar-refractivity contribution >= 4 is 28.7 Å². The minimum absolute atomic E-state index is 0.106. The first kappa shape index (κ1) is 22.3. The van der Waals surface area contributed by atoms with E-state index in [4.69, 9.17) is 4.74 Å². The van der Waals surface area contributed by atoms with Crippen molar-refractivity contribution < 1.29 is 9.53 Å². The zero-order valence-electron chi connectivity index (χ0n) is 19.3. The number of amides is 1. The maximum Gasteiger partial charge on any atom is 0.332 e. The highest BCUT2D eigenvalue weighted by Gasteiger charge is 2.33. The van der Waals surface area contributed by atoms with E-state index in [2.05, 4.69) is 28.8 Å². The molecule has 1 aliphatic heterocycles. The molecule has 1 atom stereocenters. The zero-order valence-corrected chi connectivity index (χ0v) is 19.3. The third kappa shape index (κ3) is 3.79. The molecule has 3 aromatic rings. The number of carbonyl (C=O) groups is 1. The van der Waals surface area contributed by atoms with Crippen LogP contribution in [0.1, 0.15) is 32.6 Å². The number of aromatic nitrogens is 4. The molecule has 1 aromatic carbocycles. The number of benzene rings is 1. The molecule has 33 heavy (non-hydrogen) atoms. The fourth-order valence-electron chi connectivity index (χ4n) is 4.03. The number of anilines is 1. The molecule has 0 saturated heterocycles. The molecule has 0 radical (unpaired) electrons. The van der Waals surface area contributed by atoms with Gasteiger partial charge in [-0.2, -0.15) is 5.01 Å². The topological polar surface area (TPSA) is 107 Å². The van der Waals surface area contributed by atoms with E-state index in [1.54, 1.807) is 11.6 Å². The van der Waals surface area contributed by atoms with E-state index in [9.17, 15) is 14.4 Å². The number of nitrogens with zero attached hydrogens (tertiary/aromatic N) is 7. The number of ether oxygens (including phenoxy) is 1. The Bertz CT molecular complexity index is 1350. The van der Waals surface area contributed by atoms with Crippen LogP contribution in [0.25, 0.3) is 11.2 Å². The Balaban J connectivity index is 1.64. The Kier molecular flexibility index (Phi) is 5.79. The third-order valence-electron chi connectivity index (χ3n) is 5.83. The van der Waals surface area contributed by atoms with E-state index in [1.807, 2.05) is 24.3 Å². The van der Waals surface area contributed by atoms with Gasteiger partial charge in [0.15, 0.2) is 5.52 Å². The second kappa shape index (κ2) is 8.57. The molecular weight excluding hydrogens is 426 g/mol. The predicted octanol–water partition coefficient (Wildman–Crippen LogP) is 1.17. The SMILES string of the molecule is CCN(CC)c1ccc([C@@H]2OC(Cn3cnc4c(=O)n(C)c(=O)n(C)c43)=NN2C(C)=O)cc1. The summed E-state index contributed by atoms with van der Waals surface area (Å²) >= 11 is 0. The van der Waals surface area contributed by atoms with Crippen LogP contribution in [0.2, 0.25) is 0 Å². The lowest BCUT2D eigenvalue weighted by molar-refractivity contribution is -0.135. The Labute approximate surface area is 190 Å². The van der Waals surface area contributed by atoms with Crippen LogP contribution in [0.4, 0.5) is 5.69 Å². The molecule has 3 heterocycles. The molecule has 0 N–H and O–H groups in total. The summed E-state index contributed by atoms with van der Waals surface area (Å²) in [5.74, 6) is 0.00928. The summed E-state index contributed by atoms with van der Waals surface area (Å²) < 4.78 is 10.0. The van der Waals surface area contributed by atoms with E-state index in [-0.39, 0.29) is 23.9 Å². The summed E-state index contributed by atoms with van der Waals surface area (Å²) in [5, 5.41) is 5.65. The van der Waals surface area contributed by atoms with Gasteiger partial charge in [-0.05, 0) is 26.0 Å². The lowest BCUT2D eigenvalue weighted by atomic mass is 10.1. The Morgan fingerprint density at radius 1 is 1.09 bits per heavy atom. The fourth-order valence-corrected chi connectivity index (χ4v) is 4.03. The summed E-state index contributed by atoms with van der Waals surface area (Å²) in [6, 6.07) is 7.84. The molecule has 0 fully saturated rings. The molecule has 0 aliphatic carbocycles. The van der Waals surface area contributed by atoms with Crippen molar-refractivity contribution in [3.63, 3.8) is 0 Å². The largest absolute Gasteiger partial charge is 0.448 e. The van der Waals surface area contributed by atoms with Gasteiger partial charge in [-0.3, -0.25) is 18.7 Å². The summed E-state index contributed by atoms with van der Waals surface area (Å²) in [6.45, 7) is 7.52. The van der Waals surface area contributed by atoms with Crippen molar-refractivity contribution in [3.8, 4) is 0 Å². The van der Waals surface area contributed by atoms with E-state index in [0.29, 0.717) is 5.65 Å². The summed E-state index contributed by atoms with van der Waals surface area (Å²) in [4.78, 5) is 43.4. The summed E-state index contributed by atoms with van der Waals surface area (Å²) in [7, 11) is 2.98. The molecule has 0 spiro atoms. The number of fused-ring (bicyclic) bond motifs is 1. The van der Waals surface area contributed by atoms with E-state index >= 15 is 0 Å². The van der Waals surface area contributed by atoms with Crippen LogP contribution >= 0.6 is 0 Å². The van der Waals surface area contributed by atoms with Crippen molar-refractivity contribution in [2.75, 3.05) is 18.0 Å². The molecule has 4 rings (SSSR count). The van der Waals surface area contributed by atoms with E-state index < -0.39 is 17.5 Å². The highest BCUT2D eigenvalue weighted by molar-refractivity contribution is 5.83. The number of hydrogen-bond acceptors (Lipinski definition) is 7. The van der Waals surface area contributed by atoms with Crippen LogP contribution in [0.3, 0.4) is 0 Å². The molecule has 0 saturated carbocycles. The van der Waals surface area contributed by atoms with Gasteiger partial charge in [-0.1, -0.05) is 12.1 Å². The minimum Gasteiger partial charge on any atom is -0.448 e. The van der Waals surface area contributed by atoms with E-state index in [0.717, 1.165) is 28.9 Å². The Hall–Kier alpha value is -3.89. The lowest BCUT2D eigenvalue weighted by Crippen LogP contribution is -2.37. The van der Waals surface area contributed by atoms with Gasteiger partial charge in [0.05, 0.1) is 6.33 Å². The van der Waals surface area contributed by atoms with Gasteiger partial charge in [-0.25, -0.2) is 9.78 Å². The molecule has 11 nitrogen and oxygen atoms in total. The van der Waals surface area contributed by atoms with Crippen LogP contribution < -0.4 is 16.1 Å². The second-order valence-corrected chi connectivity index (χ2v) is 7.84. The standard InChI is InChI=1S/C22H27N7O4/c1-6-27(7-2)16-10-8-15(9-11-16)21-29(14(3)30)24-17(33-21)12-28-13-23-18-19(28)25(4)22(32)26(5)20(18)31/h8-11,13,21H,6-7,12H2,1-5H3/t21-/m0/s1. The smallest absolute Gasteiger partial charge is 0.332 e. The van der Waals surface area contributed by atoms with Crippen molar-refractivity contribution in [1.29, 1.82) is 0 Å². The number of aryl methyl sites for hydroxylation is 1. The van der Waals surface area contributed by atoms with Crippen molar-refractivity contribution in [1.82, 2.24) is 23.7 Å². The van der Waals surface area contributed by atoms with Gasteiger partial charge < -0.3 is 14.2 Å². The Morgan fingerprint density at radius 2 is 1.76 bits per heavy atom. The molecule has 2 aromatic heterocycles. The number of imidazole rings is 1. The van der Waals surface area contributed by atoms with Crippen LogP contribution in [-0.2, 0) is 30.2 Å². The maximum atomic E-state index is 12.4. The number of hydrogen-bond donors (Lipinski definition) is 0. The molecular formula is C22H27N7O4. The highest BCUT2D eigenvalue weighted by atomic mass is 16.5. The van der Waals surface area contributed by atoms with Crippen LogP contribution in [0.15, 0.2) is 45.3 Å². The predicted molar refractivity (Wildman–Crippen MR) is 124 cm³/mol. The monoisotopic (exact) mass is 453 g/mol. The first-order valence-electron chi connectivity index (χ1n) is 10.8. The van der Waals surface area contributed by atoms with Crippen molar-refractivity contribution in [2.45, 2.75) is 33.5 Å². The highest BCUT2D eigenvalue weighted by Crippen LogP contribution is 2.30. The number of rotatable bonds is 6. The normalized spacial score (nSPS) is 15.6. The van der Waals surface area contributed by atoms with Gasteiger partial charge >= 0.3 is 5.69 Å². The summed E-state index contributed by atoms with van der Waals surface area (Å²) in [6.07, 6.45) is 0.761. The Morgan fingerprint density at radius 3 is 2.36 bits per heavy atom. The third-order valence-corrected chi connectivity index (χ3v) is 5.83. The number of hydrazone groups is 1. The van der Waals surface area contributed by atoms with Crippen molar-refractivity contribution in [2.24, 2.45) is 19.2 Å². The van der Waals surface area contributed by atoms with Crippen molar-refractivity contribution in [3.05, 3.63) is 57.0 Å². The first-order chi connectivity index (χ1) is 15.8. The van der Waals surface area contributed by atoms with Crippen LogP contribution in [0, 0.1) is 0 Å². The zero-order chi connectivity index (χ0) is 23.9. The molecule has 0 unspecified atom stereocenters. The quantitative estimate of drug-likeness (QED) is 0.555.